The maximum Gasteiger partial charge on any atom is 0.326 e. The summed E-state index contributed by atoms with van der Waals surface area (Å²) in [6, 6.07) is 4.05. The van der Waals surface area contributed by atoms with Crippen LogP contribution in [0, 0.1) is 0 Å². The second-order valence-corrected chi connectivity index (χ2v) is 5.12. The largest absolute Gasteiger partial charge is 0.480 e. The summed E-state index contributed by atoms with van der Waals surface area (Å²) in [6.07, 6.45) is 0.131. The van der Waals surface area contributed by atoms with E-state index < -0.39 is 17.9 Å². The second kappa shape index (κ2) is 7.47. The highest BCUT2D eigenvalue weighted by Crippen LogP contribution is 2.22. The van der Waals surface area contributed by atoms with Crippen molar-refractivity contribution in [1.82, 2.24) is 5.32 Å². The lowest BCUT2D eigenvalue weighted by Gasteiger charge is -2.15. The third-order valence-corrected chi connectivity index (χ3v) is 3.35. The van der Waals surface area contributed by atoms with E-state index in [1.165, 1.54) is 7.11 Å². The molecule has 0 saturated carbocycles. The number of carboxylic acids is 1. The van der Waals surface area contributed by atoms with Crippen molar-refractivity contribution >= 4 is 39.4 Å². The van der Waals surface area contributed by atoms with Gasteiger partial charge in [0.2, 0.25) is 5.91 Å². The fourth-order valence-electron chi connectivity index (χ4n) is 1.49. The van der Waals surface area contributed by atoms with Gasteiger partial charge < -0.3 is 15.2 Å². The lowest BCUT2D eigenvalue weighted by atomic mass is 10.1. The van der Waals surface area contributed by atoms with E-state index >= 15 is 0 Å². The summed E-state index contributed by atoms with van der Waals surface area (Å²) in [5.41, 5.74) is 0.706. The van der Waals surface area contributed by atoms with Crippen LogP contribution in [0.1, 0.15) is 5.56 Å². The number of amides is 1. The van der Waals surface area contributed by atoms with Gasteiger partial charge in [0.15, 0.2) is 0 Å². The molecule has 1 atom stereocenters. The number of hydrogen-bond acceptors (Lipinski definition) is 3. The van der Waals surface area contributed by atoms with Gasteiger partial charge in [-0.1, -0.05) is 27.5 Å². The Bertz CT molecular complexity index is 481. The number of hydrogen-bond donors (Lipinski definition) is 2. The minimum absolute atomic E-state index is 0.131. The number of carboxylic acid groups (broad SMARTS) is 1. The van der Waals surface area contributed by atoms with Crippen LogP contribution in [0.25, 0.3) is 0 Å². The number of carbonyl (C=O) groups is 2. The van der Waals surface area contributed by atoms with Crippen LogP contribution in [0.2, 0.25) is 5.02 Å². The lowest BCUT2D eigenvalue weighted by molar-refractivity contribution is -0.142. The Morgan fingerprint density at radius 3 is 2.79 bits per heavy atom. The first-order chi connectivity index (χ1) is 8.93. The number of methoxy groups -OCH3 is 1. The number of nitrogens with one attached hydrogen (secondary N) is 1. The van der Waals surface area contributed by atoms with Gasteiger partial charge in [-0.25, -0.2) is 4.79 Å². The normalized spacial score (nSPS) is 11.9. The van der Waals surface area contributed by atoms with Crippen LogP contribution in [0.3, 0.4) is 0 Å². The van der Waals surface area contributed by atoms with Crippen molar-refractivity contribution in [2.24, 2.45) is 0 Å². The molecule has 0 heterocycles. The maximum absolute atomic E-state index is 11.4. The molecule has 0 radical (unpaired) electrons. The molecule has 0 bridgehead atoms. The number of benzene rings is 1. The van der Waals surface area contributed by atoms with Crippen LogP contribution in [0.15, 0.2) is 22.7 Å². The van der Waals surface area contributed by atoms with Gasteiger partial charge in [0.05, 0.1) is 0 Å². The molecule has 19 heavy (non-hydrogen) atoms. The molecule has 2 N–H and O–H groups in total. The molecule has 1 aromatic carbocycles. The Morgan fingerprint density at radius 1 is 1.53 bits per heavy atom. The van der Waals surface area contributed by atoms with Gasteiger partial charge in [-0.3, -0.25) is 4.79 Å². The zero-order valence-electron chi connectivity index (χ0n) is 10.2. The van der Waals surface area contributed by atoms with Crippen molar-refractivity contribution in [3.63, 3.8) is 0 Å². The summed E-state index contributed by atoms with van der Waals surface area (Å²) >= 11 is 9.18. The topological polar surface area (TPSA) is 75.6 Å². The van der Waals surface area contributed by atoms with Crippen molar-refractivity contribution in [3.05, 3.63) is 33.3 Å². The van der Waals surface area contributed by atoms with Crippen LogP contribution in [0.5, 0.6) is 0 Å². The smallest absolute Gasteiger partial charge is 0.326 e. The van der Waals surface area contributed by atoms with Crippen molar-refractivity contribution < 1.29 is 19.4 Å². The summed E-state index contributed by atoms with van der Waals surface area (Å²) in [5, 5.41) is 12.0. The molecule has 1 rings (SSSR count). The number of rotatable bonds is 6. The van der Waals surface area contributed by atoms with E-state index in [9.17, 15) is 9.59 Å². The molecular weight excluding hydrogens is 337 g/mol. The van der Waals surface area contributed by atoms with E-state index in [2.05, 4.69) is 26.0 Å². The van der Waals surface area contributed by atoms with Crippen molar-refractivity contribution in [2.75, 3.05) is 13.7 Å². The predicted octanol–water partition coefficient (Wildman–Crippen LogP) is 1.86. The van der Waals surface area contributed by atoms with Gasteiger partial charge in [0.25, 0.3) is 0 Å². The summed E-state index contributed by atoms with van der Waals surface area (Å²) in [6.45, 7) is -0.180. The standard InChI is InChI=1S/C12H13BrClNO4/c1-19-6-11(16)15-10(12(17)18)5-7-4-8(14)2-3-9(7)13/h2-4,10H,5-6H2,1H3,(H,15,16)(H,17,18)/t10-/m1/s1. The number of ether oxygens (including phenoxy) is 1. The number of aliphatic carboxylic acids is 1. The van der Waals surface area contributed by atoms with Crippen LogP contribution in [0.4, 0.5) is 0 Å². The minimum atomic E-state index is -1.11. The highest BCUT2D eigenvalue weighted by molar-refractivity contribution is 9.10. The van der Waals surface area contributed by atoms with Crippen LogP contribution >= 0.6 is 27.5 Å². The molecule has 0 aromatic heterocycles. The Hall–Kier alpha value is -1.11. The third kappa shape index (κ3) is 5.18. The van der Waals surface area contributed by atoms with E-state index in [0.717, 1.165) is 4.47 Å². The zero-order chi connectivity index (χ0) is 14.4. The van der Waals surface area contributed by atoms with E-state index in [-0.39, 0.29) is 13.0 Å². The molecule has 0 unspecified atom stereocenters. The Morgan fingerprint density at radius 2 is 2.21 bits per heavy atom. The molecule has 0 saturated heterocycles. The van der Waals surface area contributed by atoms with Crippen LogP contribution in [-0.4, -0.2) is 36.7 Å². The van der Waals surface area contributed by atoms with Crippen molar-refractivity contribution in [1.29, 1.82) is 0 Å². The molecule has 0 fully saturated rings. The molecule has 0 spiro atoms. The highest BCUT2D eigenvalue weighted by atomic mass is 79.9. The highest BCUT2D eigenvalue weighted by Gasteiger charge is 2.21. The fraction of sp³-hybridized carbons (Fsp3) is 0.333. The van der Waals surface area contributed by atoms with Gasteiger partial charge in [-0.15, -0.1) is 0 Å². The van der Waals surface area contributed by atoms with Gasteiger partial charge in [-0.05, 0) is 23.8 Å². The fourth-order valence-corrected chi connectivity index (χ4v) is 2.09. The maximum atomic E-state index is 11.4. The molecule has 0 aliphatic carbocycles. The van der Waals surface area contributed by atoms with Gasteiger partial charge in [0, 0.05) is 23.0 Å². The average Bonchev–Trinajstić information content (AvgIpc) is 2.33. The van der Waals surface area contributed by atoms with E-state index in [1.807, 2.05) is 0 Å². The average molecular weight is 351 g/mol. The summed E-state index contributed by atoms with van der Waals surface area (Å²) < 4.78 is 5.38. The second-order valence-electron chi connectivity index (χ2n) is 3.83. The van der Waals surface area contributed by atoms with E-state index in [1.54, 1.807) is 18.2 Å². The summed E-state index contributed by atoms with van der Waals surface area (Å²) in [4.78, 5) is 22.5. The van der Waals surface area contributed by atoms with Gasteiger partial charge in [0.1, 0.15) is 12.6 Å². The van der Waals surface area contributed by atoms with Crippen molar-refractivity contribution in [2.45, 2.75) is 12.5 Å². The molecule has 0 aliphatic heterocycles. The molecular formula is C12H13BrClNO4. The Balaban J connectivity index is 2.81. The quantitative estimate of drug-likeness (QED) is 0.821. The lowest BCUT2D eigenvalue weighted by Crippen LogP contribution is -2.43. The zero-order valence-corrected chi connectivity index (χ0v) is 12.5. The molecule has 104 valence electrons. The molecule has 0 aliphatic rings. The van der Waals surface area contributed by atoms with Crippen molar-refractivity contribution in [3.8, 4) is 0 Å². The summed E-state index contributed by atoms with van der Waals surface area (Å²) in [7, 11) is 1.36. The molecule has 1 amide bonds. The van der Waals surface area contributed by atoms with E-state index in [4.69, 9.17) is 16.7 Å². The van der Waals surface area contributed by atoms with E-state index in [0.29, 0.717) is 10.6 Å². The predicted molar refractivity (Wildman–Crippen MR) is 74.3 cm³/mol. The SMILES string of the molecule is COCC(=O)N[C@H](Cc1cc(Cl)ccc1Br)C(=O)O. The van der Waals surface area contributed by atoms with Gasteiger partial charge in [-0.2, -0.15) is 0 Å². The molecule has 1 aromatic rings. The molecule has 5 nitrogen and oxygen atoms in total. The molecule has 7 heteroatoms. The first-order valence-electron chi connectivity index (χ1n) is 5.39. The number of halogens is 2. The van der Waals surface area contributed by atoms with Crippen LogP contribution in [-0.2, 0) is 20.7 Å². The first-order valence-corrected chi connectivity index (χ1v) is 6.56. The Kier molecular flexibility index (Phi) is 6.27. The first kappa shape index (κ1) is 15.9. The number of carbonyl (C=O) groups excluding carboxylic acids is 1. The minimum Gasteiger partial charge on any atom is -0.480 e. The Labute approximate surface area is 124 Å². The summed E-state index contributed by atoms with van der Waals surface area (Å²) in [5.74, 6) is -1.59. The third-order valence-electron chi connectivity index (χ3n) is 2.34. The van der Waals surface area contributed by atoms with Gasteiger partial charge >= 0.3 is 5.97 Å². The monoisotopic (exact) mass is 349 g/mol. The van der Waals surface area contributed by atoms with Crippen LogP contribution < -0.4 is 5.32 Å².